The fraction of sp³-hybridized carbons (Fsp3) is 1.00. The molecule has 0 heterocycles. The molecule has 0 spiro atoms. The molecular weight excluding hydrogens is 196 g/mol. The van der Waals surface area contributed by atoms with E-state index in [2.05, 4.69) is 0 Å². The van der Waals surface area contributed by atoms with Gasteiger partial charge in [-0.1, -0.05) is 0 Å². The standard InChI is InChI=1S/C3H7O.Nd/c1-3(2)4;/h3H,1-2H3;/q-1;+1. The fourth-order valence-corrected chi connectivity index (χ4v) is 0. The molecule has 0 amide bonds. The normalized spacial score (nSPS) is 9.20. The van der Waals surface area contributed by atoms with Gasteiger partial charge in [0.1, 0.15) is 0 Å². The van der Waals surface area contributed by atoms with Crippen molar-refractivity contribution in [3.05, 3.63) is 0 Å². The first kappa shape index (κ1) is 6.31. The van der Waals surface area contributed by atoms with Gasteiger partial charge >= 0.3 is 60.4 Å². The molecule has 0 aromatic rings. The summed E-state index contributed by atoms with van der Waals surface area (Å²) in [6, 6.07) is 0. The zero-order valence-corrected chi connectivity index (χ0v) is 6.69. The summed E-state index contributed by atoms with van der Waals surface area (Å²) in [4.78, 5) is 0. The summed E-state index contributed by atoms with van der Waals surface area (Å²) < 4.78 is 4.89. The van der Waals surface area contributed by atoms with E-state index in [1.165, 1.54) is 0 Å². The Morgan fingerprint density at radius 1 is 1.60 bits per heavy atom. The molecule has 0 saturated heterocycles. The van der Waals surface area contributed by atoms with Crippen LogP contribution in [0.4, 0.5) is 0 Å². The number of rotatable bonds is 1. The van der Waals surface area contributed by atoms with Gasteiger partial charge in [0.25, 0.3) is 0 Å². The number of hydrogen-bond acceptors (Lipinski definition) is 1. The molecule has 1 nitrogen and oxygen atoms in total. The first-order valence-corrected chi connectivity index (χ1v) is 2.90. The third kappa shape index (κ3) is 5.31. The summed E-state index contributed by atoms with van der Waals surface area (Å²) in [5, 5.41) is 0. The molecule has 0 unspecified atom stereocenters. The Morgan fingerprint density at radius 2 is 1.80 bits per heavy atom. The summed E-state index contributed by atoms with van der Waals surface area (Å²) >= 11 is 0.873. The first-order valence-electron chi connectivity index (χ1n) is 1.59. The molecule has 0 N–H and O–H groups in total. The van der Waals surface area contributed by atoms with Crippen molar-refractivity contribution in [2.45, 2.75) is 20.0 Å². The Balaban J connectivity index is 2.54. The molecule has 0 aromatic heterocycles. The van der Waals surface area contributed by atoms with Gasteiger partial charge in [0, 0.05) is 0 Å². The van der Waals surface area contributed by atoms with Crippen molar-refractivity contribution in [3.63, 3.8) is 0 Å². The van der Waals surface area contributed by atoms with Crippen LogP contribution < -0.4 is 0 Å². The Morgan fingerprint density at radius 3 is 1.80 bits per heavy atom. The van der Waals surface area contributed by atoms with Gasteiger partial charge in [0.15, 0.2) is 0 Å². The van der Waals surface area contributed by atoms with Gasteiger partial charge in [-0.2, -0.15) is 0 Å². The van der Waals surface area contributed by atoms with Crippen LogP contribution in [0.2, 0.25) is 0 Å². The molecule has 5 heavy (non-hydrogen) atoms. The van der Waals surface area contributed by atoms with Crippen molar-refractivity contribution in [1.29, 1.82) is 0 Å². The Bertz CT molecular complexity index is 20.9. The molecule has 0 radical (unpaired) electrons. The quantitative estimate of drug-likeness (QED) is 0.614. The van der Waals surface area contributed by atoms with Crippen molar-refractivity contribution < 1.29 is 40.4 Å². The van der Waals surface area contributed by atoms with E-state index in [-0.39, 0.29) is 0 Å². The van der Waals surface area contributed by atoms with Gasteiger partial charge in [0.05, 0.1) is 0 Å². The van der Waals surface area contributed by atoms with Gasteiger partial charge < -0.3 is 0 Å². The summed E-state index contributed by atoms with van der Waals surface area (Å²) in [7, 11) is 0. The van der Waals surface area contributed by atoms with E-state index in [1.54, 1.807) is 0 Å². The molecule has 0 atom stereocenters. The van der Waals surface area contributed by atoms with Crippen molar-refractivity contribution in [3.8, 4) is 0 Å². The van der Waals surface area contributed by atoms with Gasteiger partial charge in [0.2, 0.25) is 0 Å². The van der Waals surface area contributed by atoms with E-state index in [0.717, 1.165) is 39.4 Å². The van der Waals surface area contributed by atoms with Crippen molar-refractivity contribution in [2.24, 2.45) is 0 Å². The molecule has 0 bridgehead atoms. The molecule has 0 rings (SSSR count). The van der Waals surface area contributed by atoms with Crippen LogP contribution in [-0.4, -0.2) is 6.10 Å². The molecule has 0 saturated carbocycles. The van der Waals surface area contributed by atoms with Crippen LogP contribution in [0.5, 0.6) is 0 Å². The third-order valence-corrected chi connectivity index (χ3v) is 1.75. The average molecular weight is 203 g/mol. The number of hydrogen-bond donors (Lipinski definition) is 0. The van der Waals surface area contributed by atoms with Gasteiger partial charge in [-0.05, 0) is 0 Å². The van der Waals surface area contributed by atoms with Crippen LogP contribution in [0, 0.1) is 39.4 Å². The van der Waals surface area contributed by atoms with Crippen LogP contribution in [0.3, 0.4) is 0 Å². The summed E-state index contributed by atoms with van der Waals surface area (Å²) in [5.74, 6) is 0. The third-order valence-electron chi connectivity index (χ3n) is 0.236. The monoisotopic (exact) mass is 201 g/mol. The van der Waals surface area contributed by atoms with Crippen LogP contribution in [0.1, 0.15) is 13.8 Å². The molecule has 0 aliphatic heterocycles. The SMILES string of the molecule is CC(C)[O][Nd]. The summed E-state index contributed by atoms with van der Waals surface area (Å²) in [6.45, 7) is 4.07. The molecule has 29 valence electrons. The van der Waals surface area contributed by atoms with Crippen LogP contribution in [0.15, 0.2) is 0 Å². The van der Waals surface area contributed by atoms with Gasteiger partial charge in [-0.15, -0.1) is 0 Å². The van der Waals surface area contributed by atoms with E-state index in [9.17, 15) is 0 Å². The Hall–Kier alpha value is 1.31. The minimum absolute atomic E-state index is 0.446. The van der Waals surface area contributed by atoms with Crippen molar-refractivity contribution in [1.82, 2.24) is 0 Å². The van der Waals surface area contributed by atoms with Crippen molar-refractivity contribution >= 4 is 0 Å². The second kappa shape index (κ2) is 3.50. The topological polar surface area (TPSA) is 9.23 Å². The second-order valence-corrected chi connectivity index (χ2v) is 1.92. The predicted molar refractivity (Wildman–Crippen MR) is 16.2 cm³/mol. The fourth-order valence-electron chi connectivity index (χ4n) is 0. The van der Waals surface area contributed by atoms with E-state index in [1.807, 2.05) is 13.8 Å². The first-order chi connectivity index (χ1) is 2.27. The zero-order chi connectivity index (χ0) is 4.28. The second-order valence-electron chi connectivity index (χ2n) is 1.17. The molecule has 0 aromatic carbocycles. The predicted octanol–water partition coefficient (Wildman–Crippen LogP) is 0.876. The maximum atomic E-state index is 4.89. The zero-order valence-electron chi connectivity index (χ0n) is 3.49. The molecular formula is C3H7NdO. The van der Waals surface area contributed by atoms with E-state index < -0.39 is 0 Å². The maximum absolute atomic E-state index is 4.89. The molecule has 0 aliphatic carbocycles. The van der Waals surface area contributed by atoms with Crippen LogP contribution in [0.25, 0.3) is 0 Å². The van der Waals surface area contributed by atoms with E-state index in [4.69, 9.17) is 1.06 Å². The Labute approximate surface area is 59.8 Å². The van der Waals surface area contributed by atoms with Gasteiger partial charge in [-0.25, -0.2) is 0 Å². The molecule has 0 fully saturated rings. The summed E-state index contributed by atoms with van der Waals surface area (Å²) in [6.07, 6.45) is 0.446. The minimum atomic E-state index is 0.446. The molecule has 0 aliphatic rings. The Kier molecular flexibility index (Phi) is 4.42. The van der Waals surface area contributed by atoms with Gasteiger partial charge in [-0.3, -0.25) is 0 Å². The van der Waals surface area contributed by atoms with Crippen LogP contribution in [-0.2, 0) is 1.06 Å². The van der Waals surface area contributed by atoms with E-state index in [0.29, 0.717) is 6.10 Å². The van der Waals surface area contributed by atoms with Crippen LogP contribution >= 0.6 is 0 Å². The van der Waals surface area contributed by atoms with E-state index >= 15 is 0 Å². The summed E-state index contributed by atoms with van der Waals surface area (Å²) in [5.41, 5.74) is 0. The average Bonchev–Trinajstić information content (AvgIpc) is 1.38. The molecule has 2 heteroatoms. The van der Waals surface area contributed by atoms with Crippen molar-refractivity contribution in [2.75, 3.05) is 0 Å².